The molecule has 1 unspecified atom stereocenters. The maximum absolute atomic E-state index is 4.54. The van der Waals surface area contributed by atoms with Crippen molar-refractivity contribution < 1.29 is 0 Å². The number of aromatic nitrogens is 4. The highest BCUT2D eigenvalue weighted by atomic mass is 15.6. The van der Waals surface area contributed by atoms with Crippen molar-refractivity contribution in [2.45, 2.75) is 58.5 Å². The quantitative estimate of drug-likeness (QED) is 0.650. The van der Waals surface area contributed by atoms with E-state index >= 15 is 0 Å². The normalized spacial score (nSPS) is 15.4. The van der Waals surface area contributed by atoms with Gasteiger partial charge in [-0.05, 0) is 67.7 Å². The maximum atomic E-state index is 4.54. The first kappa shape index (κ1) is 18.7. The largest absolute Gasteiger partial charge is 0.357 e. The fraction of sp³-hybridized carbons (Fsp3) is 0.435. The fourth-order valence-electron chi connectivity index (χ4n) is 3.99. The molecule has 4 rings (SSSR count). The maximum Gasteiger partial charge on any atom is 0.178 e. The van der Waals surface area contributed by atoms with Crippen LogP contribution in [0.5, 0.6) is 0 Å². The molecule has 3 aromatic rings. The van der Waals surface area contributed by atoms with E-state index in [9.17, 15) is 0 Å². The van der Waals surface area contributed by atoms with Gasteiger partial charge >= 0.3 is 0 Å². The number of anilines is 1. The van der Waals surface area contributed by atoms with Crippen molar-refractivity contribution in [1.82, 2.24) is 20.2 Å². The molecule has 0 spiro atoms. The summed E-state index contributed by atoms with van der Waals surface area (Å²) in [5.74, 6) is 0.910. The van der Waals surface area contributed by atoms with Crippen LogP contribution in [0.4, 0.5) is 5.69 Å². The number of aryl methyl sites for hydroxylation is 2. The van der Waals surface area contributed by atoms with Crippen molar-refractivity contribution in [1.29, 1.82) is 0 Å². The Balaban J connectivity index is 1.88. The molecule has 5 nitrogen and oxygen atoms in total. The van der Waals surface area contributed by atoms with E-state index in [1.165, 1.54) is 22.4 Å². The molecular formula is C23H29N5. The second-order valence-corrected chi connectivity index (χ2v) is 8.35. The average molecular weight is 376 g/mol. The zero-order valence-corrected chi connectivity index (χ0v) is 17.3. The summed E-state index contributed by atoms with van der Waals surface area (Å²) >= 11 is 0. The Morgan fingerprint density at radius 2 is 1.82 bits per heavy atom. The topological polar surface area (TPSA) is 46.8 Å². The summed E-state index contributed by atoms with van der Waals surface area (Å²) in [5.41, 5.74) is 5.04. The van der Waals surface area contributed by atoms with Crippen molar-refractivity contribution in [2.75, 3.05) is 11.4 Å². The second-order valence-electron chi connectivity index (χ2n) is 8.35. The summed E-state index contributed by atoms with van der Waals surface area (Å²) in [5, 5.41) is 13.0. The summed E-state index contributed by atoms with van der Waals surface area (Å²) in [4.78, 5) is 2.48. The smallest absolute Gasteiger partial charge is 0.178 e. The predicted molar refractivity (Wildman–Crippen MR) is 113 cm³/mol. The van der Waals surface area contributed by atoms with Gasteiger partial charge in [-0.15, -0.1) is 5.10 Å². The summed E-state index contributed by atoms with van der Waals surface area (Å²) < 4.78 is 2.02. The molecule has 1 atom stereocenters. The lowest BCUT2D eigenvalue weighted by Gasteiger charge is -2.38. The zero-order valence-electron chi connectivity index (χ0n) is 17.3. The van der Waals surface area contributed by atoms with E-state index in [0.717, 1.165) is 31.6 Å². The van der Waals surface area contributed by atoms with Crippen molar-refractivity contribution in [2.24, 2.45) is 0 Å². The minimum Gasteiger partial charge on any atom is -0.357 e. The van der Waals surface area contributed by atoms with Gasteiger partial charge in [0, 0.05) is 12.2 Å². The zero-order chi connectivity index (χ0) is 19.7. The van der Waals surface area contributed by atoms with Crippen LogP contribution in [-0.2, 0) is 12.0 Å². The van der Waals surface area contributed by atoms with Crippen molar-refractivity contribution in [3.05, 3.63) is 71.0 Å². The third-order valence-electron chi connectivity index (χ3n) is 6.03. The molecule has 1 aliphatic rings. The van der Waals surface area contributed by atoms with Crippen LogP contribution < -0.4 is 4.90 Å². The van der Waals surface area contributed by atoms with Gasteiger partial charge in [0.15, 0.2) is 5.82 Å². The van der Waals surface area contributed by atoms with Crippen LogP contribution in [0.15, 0.2) is 48.5 Å². The van der Waals surface area contributed by atoms with Crippen LogP contribution in [0.1, 0.15) is 62.2 Å². The van der Waals surface area contributed by atoms with Crippen LogP contribution in [0.3, 0.4) is 0 Å². The molecule has 5 heteroatoms. The van der Waals surface area contributed by atoms with E-state index in [0.29, 0.717) is 0 Å². The van der Waals surface area contributed by atoms with E-state index in [4.69, 9.17) is 0 Å². The molecule has 0 aliphatic carbocycles. The number of benzene rings is 2. The summed E-state index contributed by atoms with van der Waals surface area (Å²) in [7, 11) is 0. The van der Waals surface area contributed by atoms with E-state index in [2.05, 4.69) is 96.7 Å². The third kappa shape index (κ3) is 3.30. The van der Waals surface area contributed by atoms with E-state index in [1.54, 1.807) is 0 Å². The molecule has 1 aliphatic heterocycles. The highest BCUT2D eigenvalue weighted by Crippen LogP contribution is 2.38. The van der Waals surface area contributed by atoms with Crippen LogP contribution in [0.2, 0.25) is 0 Å². The van der Waals surface area contributed by atoms with Gasteiger partial charge in [0.05, 0.1) is 5.54 Å². The Morgan fingerprint density at radius 1 is 1.07 bits per heavy atom. The number of hydrogen-bond acceptors (Lipinski definition) is 4. The molecule has 0 fully saturated rings. The summed E-state index contributed by atoms with van der Waals surface area (Å²) in [6.45, 7) is 9.70. The average Bonchev–Trinajstić information content (AvgIpc) is 3.20. The van der Waals surface area contributed by atoms with Crippen LogP contribution in [0.25, 0.3) is 0 Å². The van der Waals surface area contributed by atoms with Gasteiger partial charge in [-0.25, -0.2) is 4.68 Å². The van der Waals surface area contributed by atoms with E-state index in [-0.39, 0.29) is 11.6 Å². The van der Waals surface area contributed by atoms with Gasteiger partial charge < -0.3 is 4.90 Å². The van der Waals surface area contributed by atoms with Gasteiger partial charge in [0.2, 0.25) is 0 Å². The lowest BCUT2D eigenvalue weighted by Crippen LogP contribution is -2.38. The first-order valence-corrected chi connectivity index (χ1v) is 10.2. The number of fused-ring (bicyclic) bond motifs is 1. The first-order chi connectivity index (χ1) is 13.5. The number of nitrogens with zero attached hydrogens (tertiary/aromatic N) is 5. The van der Waals surface area contributed by atoms with Crippen molar-refractivity contribution >= 4 is 5.69 Å². The first-order valence-electron chi connectivity index (χ1n) is 10.2. The molecule has 2 aromatic carbocycles. The molecule has 0 bridgehead atoms. The fourth-order valence-corrected chi connectivity index (χ4v) is 3.99. The van der Waals surface area contributed by atoms with Gasteiger partial charge in [0.25, 0.3) is 0 Å². The van der Waals surface area contributed by atoms with Crippen molar-refractivity contribution in [3.63, 3.8) is 0 Å². The minimum absolute atomic E-state index is 0.0112. The molecule has 0 radical (unpaired) electrons. The van der Waals surface area contributed by atoms with Crippen LogP contribution in [-0.4, -0.2) is 26.8 Å². The Kier molecular flexibility index (Phi) is 4.92. The number of para-hydroxylation sites is 1. The standard InChI is InChI=1S/C23H29N5/c1-5-23(3,4)28-22(24-25-26-28)21(19-14-12-17(2)13-15-19)27-16-8-10-18-9-6-7-11-20(18)27/h6-7,9,11-15,21H,5,8,10,16H2,1-4H3. The SMILES string of the molecule is CCC(C)(C)n1nnnc1C(c1ccc(C)cc1)N1CCCc2ccccc21. The molecule has 0 saturated carbocycles. The Bertz CT molecular complexity index is 942. The number of hydrogen-bond donors (Lipinski definition) is 0. The van der Waals surface area contributed by atoms with Gasteiger partial charge in [0.1, 0.15) is 6.04 Å². The molecule has 146 valence electrons. The number of rotatable bonds is 5. The highest BCUT2D eigenvalue weighted by Gasteiger charge is 2.34. The summed E-state index contributed by atoms with van der Waals surface area (Å²) in [6.07, 6.45) is 3.22. The van der Waals surface area contributed by atoms with Gasteiger partial charge in [-0.1, -0.05) is 55.0 Å². The predicted octanol–water partition coefficient (Wildman–Crippen LogP) is 4.67. The lowest BCUT2D eigenvalue weighted by atomic mass is 9.95. The van der Waals surface area contributed by atoms with Gasteiger partial charge in [-0.3, -0.25) is 0 Å². The molecule has 0 N–H and O–H groups in total. The molecule has 28 heavy (non-hydrogen) atoms. The number of tetrazole rings is 1. The second kappa shape index (κ2) is 7.38. The third-order valence-corrected chi connectivity index (χ3v) is 6.03. The molecule has 0 amide bonds. The monoisotopic (exact) mass is 375 g/mol. The molecular weight excluding hydrogens is 346 g/mol. The molecule has 1 aromatic heterocycles. The Morgan fingerprint density at radius 3 is 2.57 bits per heavy atom. The van der Waals surface area contributed by atoms with Crippen molar-refractivity contribution in [3.8, 4) is 0 Å². The van der Waals surface area contributed by atoms with Gasteiger partial charge in [-0.2, -0.15) is 0 Å². The molecule has 0 saturated heterocycles. The van der Waals surface area contributed by atoms with Crippen LogP contribution >= 0.6 is 0 Å². The van der Waals surface area contributed by atoms with E-state index < -0.39 is 0 Å². The lowest BCUT2D eigenvalue weighted by molar-refractivity contribution is 0.287. The Hall–Kier alpha value is -2.69. The minimum atomic E-state index is -0.142. The van der Waals surface area contributed by atoms with Crippen LogP contribution in [0, 0.1) is 6.92 Å². The Labute approximate surface area is 167 Å². The molecule has 2 heterocycles. The highest BCUT2D eigenvalue weighted by molar-refractivity contribution is 5.58. The summed E-state index contributed by atoms with van der Waals surface area (Å²) in [6, 6.07) is 17.5. The van der Waals surface area contributed by atoms with E-state index in [1.807, 2.05) is 4.68 Å².